The molecule has 0 amide bonds. The number of ether oxygens (including phenoxy) is 1. The van der Waals surface area contributed by atoms with Crippen molar-refractivity contribution in [1.82, 2.24) is 4.31 Å². The van der Waals surface area contributed by atoms with E-state index < -0.39 is 21.7 Å². The van der Waals surface area contributed by atoms with Gasteiger partial charge in [0.2, 0.25) is 10.0 Å². The Labute approximate surface area is 122 Å². The van der Waals surface area contributed by atoms with Gasteiger partial charge in [-0.2, -0.15) is 0 Å². The van der Waals surface area contributed by atoms with Crippen molar-refractivity contribution in [2.24, 2.45) is 5.92 Å². The lowest BCUT2D eigenvalue weighted by Gasteiger charge is -2.40. The van der Waals surface area contributed by atoms with Gasteiger partial charge >= 0.3 is 0 Å². The first-order valence-corrected chi connectivity index (χ1v) is 9.43. The molecule has 0 aromatic carbocycles. The summed E-state index contributed by atoms with van der Waals surface area (Å²) < 4.78 is 30.6. The molecule has 2 aliphatic heterocycles. The van der Waals surface area contributed by atoms with Crippen molar-refractivity contribution in [3.05, 3.63) is 0 Å². The van der Waals surface area contributed by atoms with E-state index in [0.717, 1.165) is 32.1 Å². The number of hydrogen-bond donors (Lipinski definition) is 1. The Bertz CT molecular complexity index is 417. The first-order valence-electron chi connectivity index (χ1n) is 7.58. The maximum atomic E-state index is 11.6. The highest BCUT2D eigenvalue weighted by molar-refractivity contribution is 7.88. The van der Waals surface area contributed by atoms with Gasteiger partial charge in [0.25, 0.3) is 0 Å². The molecule has 20 heavy (non-hydrogen) atoms. The minimum absolute atomic E-state index is 0.232. The molecule has 2 saturated heterocycles. The first kappa shape index (κ1) is 16.2. The van der Waals surface area contributed by atoms with Crippen LogP contribution in [0.2, 0.25) is 0 Å². The molecule has 3 atom stereocenters. The summed E-state index contributed by atoms with van der Waals surface area (Å²) >= 11 is 0. The van der Waals surface area contributed by atoms with Gasteiger partial charge in [0.1, 0.15) is 0 Å². The number of hydrogen-bond acceptors (Lipinski definition) is 4. The van der Waals surface area contributed by atoms with E-state index in [1.807, 2.05) is 6.92 Å². The van der Waals surface area contributed by atoms with Gasteiger partial charge in [-0.15, -0.1) is 0 Å². The fourth-order valence-electron chi connectivity index (χ4n) is 3.30. The highest BCUT2D eigenvalue weighted by atomic mass is 32.2. The van der Waals surface area contributed by atoms with Gasteiger partial charge < -0.3 is 9.84 Å². The lowest BCUT2D eigenvalue weighted by atomic mass is 9.83. The van der Waals surface area contributed by atoms with Gasteiger partial charge in [-0.1, -0.05) is 0 Å². The zero-order valence-electron chi connectivity index (χ0n) is 12.5. The van der Waals surface area contributed by atoms with Crippen LogP contribution in [0.3, 0.4) is 0 Å². The molecule has 1 N–H and O–H groups in total. The Hall–Kier alpha value is -0.170. The van der Waals surface area contributed by atoms with Gasteiger partial charge in [-0.05, 0) is 51.4 Å². The fourth-order valence-corrected chi connectivity index (χ4v) is 4.25. The average molecular weight is 305 g/mol. The van der Waals surface area contributed by atoms with Crippen molar-refractivity contribution in [2.75, 3.05) is 26.0 Å². The molecule has 0 radical (unpaired) electrons. The van der Waals surface area contributed by atoms with Gasteiger partial charge in [0.05, 0.1) is 18.0 Å². The Morgan fingerprint density at radius 2 is 2.15 bits per heavy atom. The maximum Gasteiger partial charge on any atom is 0.211 e. The summed E-state index contributed by atoms with van der Waals surface area (Å²) in [5, 5.41) is 10.5. The summed E-state index contributed by atoms with van der Waals surface area (Å²) in [5.74, 6) is 0.232. The molecule has 0 aromatic heterocycles. The van der Waals surface area contributed by atoms with Crippen LogP contribution in [-0.4, -0.2) is 55.5 Å². The van der Waals surface area contributed by atoms with Crippen LogP contribution in [0.4, 0.5) is 0 Å². The van der Waals surface area contributed by atoms with E-state index in [9.17, 15) is 13.5 Å². The lowest BCUT2D eigenvalue weighted by Crippen LogP contribution is -2.47. The summed E-state index contributed by atoms with van der Waals surface area (Å²) in [5.41, 5.74) is -0.453. The maximum absolute atomic E-state index is 11.6. The molecular weight excluding hydrogens is 278 g/mol. The highest BCUT2D eigenvalue weighted by Crippen LogP contribution is 2.33. The van der Waals surface area contributed by atoms with E-state index in [4.69, 9.17) is 4.74 Å². The average Bonchev–Trinajstić information content (AvgIpc) is 2.39. The third-order valence-corrected chi connectivity index (χ3v) is 5.98. The van der Waals surface area contributed by atoms with E-state index in [1.165, 1.54) is 10.6 Å². The molecule has 0 saturated carbocycles. The van der Waals surface area contributed by atoms with Gasteiger partial charge in [-0.25, -0.2) is 12.7 Å². The van der Waals surface area contributed by atoms with E-state index >= 15 is 0 Å². The Morgan fingerprint density at radius 1 is 1.40 bits per heavy atom. The van der Waals surface area contributed by atoms with E-state index in [1.54, 1.807) is 0 Å². The third kappa shape index (κ3) is 3.93. The van der Waals surface area contributed by atoms with Crippen LogP contribution in [0, 0.1) is 5.92 Å². The van der Waals surface area contributed by atoms with Gasteiger partial charge in [-0.3, -0.25) is 0 Å². The second-order valence-corrected chi connectivity index (χ2v) is 8.48. The van der Waals surface area contributed by atoms with Crippen LogP contribution in [0.25, 0.3) is 0 Å². The molecule has 2 fully saturated rings. The minimum Gasteiger partial charge on any atom is -0.390 e. The molecule has 3 unspecified atom stereocenters. The monoisotopic (exact) mass is 305 g/mol. The standard InChI is InChI=1S/C14H27NO4S/c1-14(7-3-4-9-19-14)13(16)10-12-6-5-8-15(11-12)20(2,17)18/h12-13,16H,3-11H2,1-2H3. The van der Waals surface area contributed by atoms with Crippen LogP contribution in [0.15, 0.2) is 0 Å². The minimum atomic E-state index is -3.11. The third-order valence-electron chi connectivity index (χ3n) is 4.71. The van der Waals surface area contributed by atoms with E-state index in [-0.39, 0.29) is 5.92 Å². The van der Waals surface area contributed by atoms with Gasteiger partial charge in [0.15, 0.2) is 0 Å². The highest BCUT2D eigenvalue weighted by Gasteiger charge is 2.38. The van der Waals surface area contributed by atoms with Crippen molar-refractivity contribution in [2.45, 2.75) is 57.2 Å². The second-order valence-electron chi connectivity index (χ2n) is 6.50. The number of rotatable bonds is 4. The molecule has 0 bridgehead atoms. The normalized spacial score (nSPS) is 34.9. The quantitative estimate of drug-likeness (QED) is 0.852. The molecule has 2 aliphatic rings. The summed E-state index contributed by atoms with van der Waals surface area (Å²) in [7, 11) is -3.11. The van der Waals surface area contributed by atoms with Crippen molar-refractivity contribution in [3.63, 3.8) is 0 Å². The fraction of sp³-hybridized carbons (Fsp3) is 1.00. The van der Waals surface area contributed by atoms with Crippen LogP contribution in [-0.2, 0) is 14.8 Å². The van der Waals surface area contributed by atoms with Gasteiger partial charge in [0, 0.05) is 19.7 Å². The first-order chi connectivity index (χ1) is 9.31. The molecule has 6 heteroatoms. The number of piperidine rings is 1. The second kappa shape index (κ2) is 6.30. The molecule has 2 heterocycles. The summed E-state index contributed by atoms with van der Waals surface area (Å²) in [4.78, 5) is 0. The largest absolute Gasteiger partial charge is 0.390 e. The number of nitrogens with zero attached hydrogens (tertiary/aromatic N) is 1. The Balaban J connectivity index is 1.92. The SMILES string of the molecule is CC1(C(O)CC2CCCN(S(C)(=O)=O)C2)CCCCO1. The van der Waals surface area contributed by atoms with Crippen molar-refractivity contribution in [1.29, 1.82) is 0 Å². The van der Waals surface area contributed by atoms with Crippen LogP contribution in [0.5, 0.6) is 0 Å². The Morgan fingerprint density at radius 3 is 2.75 bits per heavy atom. The van der Waals surface area contributed by atoms with Crippen LogP contribution < -0.4 is 0 Å². The topological polar surface area (TPSA) is 66.8 Å². The summed E-state index contributed by atoms with van der Waals surface area (Å²) in [6.45, 7) is 3.84. The van der Waals surface area contributed by atoms with E-state index in [0.29, 0.717) is 26.1 Å². The predicted octanol–water partition coefficient (Wildman–Crippen LogP) is 1.37. The Kier molecular flexibility index (Phi) is 5.10. The number of aliphatic hydroxyl groups is 1. The number of aliphatic hydroxyl groups excluding tert-OH is 1. The lowest BCUT2D eigenvalue weighted by molar-refractivity contribution is -0.142. The summed E-state index contributed by atoms with van der Waals surface area (Å²) in [6.07, 6.45) is 6.28. The molecule has 0 spiro atoms. The summed E-state index contributed by atoms with van der Waals surface area (Å²) in [6, 6.07) is 0. The van der Waals surface area contributed by atoms with Crippen molar-refractivity contribution < 1.29 is 18.3 Å². The smallest absolute Gasteiger partial charge is 0.211 e. The van der Waals surface area contributed by atoms with E-state index in [2.05, 4.69) is 0 Å². The zero-order chi connectivity index (χ0) is 14.8. The molecule has 5 nitrogen and oxygen atoms in total. The molecular formula is C14H27NO4S. The van der Waals surface area contributed by atoms with Crippen LogP contribution >= 0.6 is 0 Å². The van der Waals surface area contributed by atoms with Crippen molar-refractivity contribution in [3.8, 4) is 0 Å². The molecule has 0 aliphatic carbocycles. The predicted molar refractivity (Wildman–Crippen MR) is 78.0 cm³/mol. The molecule has 2 rings (SSSR count). The number of sulfonamides is 1. The zero-order valence-corrected chi connectivity index (χ0v) is 13.4. The molecule has 118 valence electrons. The van der Waals surface area contributed by atoms with Crippen molar-refractivity contribution >= 4 is 10.0 Å². The molecule has 0 aromatic rings. The van der Waals surface area contributed by atoms with Crippen LogP contribution in [0.1, 0.15) is 45.4 Å².